The minimum atomic E-state index is 0.808. The second-order valence-corrected chi connectivity index (χ2v) is 7.21. The molecule has 1 heterocycles. The van der Waals surface area contributed by atoms with E-state index in [2.05, 4.69) is 42.0 Å². The van der Waals surface area contributed by atoms with E-state index < -0.39 is 0 Å². The Hall–Kier alpha value is -1.12. The molecule has 1 aromatic heterocycles. The lowest BCUT2D eigenvalue weighted by atomic mass is 9.79. The molecule has 1 aromatic carbocycles. The van der Waals surface area contributed by atoms with Crippen molar-refractivity contribution in [2.45, 2.75) is 25.7 Å². The molecule has 2 heteroatoms. The number of rotatable bonds is 3. The number of hydrogen-bond acceptors (Lipinski definition) is 2. The summed E-state index contributed by atoms with van der Waals surface area (Å²) in [5, 5.41) is 7.09. The molecule has 0 spiro atoms. The summed E-state index contributed by atoms with van der Waals surface area (Å²) in [4.78, 5) is 0. The van der Waals surface area contributed by atoms with Crippen LogP contribution in [0, 0.1) is 11.8 Å². The van der Waals surface area contributed by atoms with Gasteiger partial charge in [0, 0.05) is 11.2 Å². The molecule has 1 saturated carbocycles. The first kappa shape index (κ1) is 12.6. The summed E-state index contributed by atoms with van der Waals surface area (Å²) in [5.74, 6) is 1.76. The number of nitrogens with one attached hydrogen (secondary N) is 1. The summed E-state index contributed by atoms with van der Waals surface area (Å²) >= 11 is 1.86. The highest BCUT2D eigenvalue weighted by atomic mass is 32.1. The van der Waals surface area contributed by atoms with E-state index in [1.54, 1.807) is 11.1 Å². The molecule has 1 fully saturated rings. The van der Waals surface area contributed by atoms with E-state index in [9.17, 15) is 0 Å². The fourth-order valence-electron chi connectivity index (χ4n) is 4.29. The van der Waals surface area contributed by atoms with Crippen LogP contribution in [0.2, 0.25) is 0 Å². The summed E-state index contributed by atoms with van der Waals surface area (Å²) in [7, 11) is 2.08. The van der Waals surface area contributed by atoms with Gasteiger partial charge >= 0.3 is 0 Å². The minimum absolute atomic E-state index is 0.808. The molecule has 4 rings (SSSR count). The monoisotopic (exact) mass is 283 g/mol. The fourth-order valence-corrected chi connectivity index (χ4v) is 5.10. The normalized spacial score (nSPS) is 25.6. The van der Waals surface area contributed by atoms with Gasteiger partial charge in [-0.15, -0.1) is 11.3 Å². The van der Waals surface area contributed by atoms with E-state index in [1.165, 1.54) is 41.3 Å². The number of likely N-dealkylation sites (N-methyl/N-ethyl adjacent to an activating group) is 1. The zero-order valence-corrected chi connectivity index (χ0v) is 12.8. The summed E-state index contributed by atoms with van der Waals surface area (Å²) in [5.41, 5.74) is 4.86. The smallest absolute Gasteiger partial charge is 0.0348 e. The highest BCUT2D eigenvalue weighted by Crippen LogP contribution is 2.50. The molecule has 2 aromatic rings. The molecule has 2 bridgehead atoms. The molecular formula is C18H21NS. The first-order valence-corrected chi connectivity index (χ1v) is 8.58. The maximum absolute atomic E-state index is 3.39. The second kappa shape index (κ2) is 5.01. The average molecular weight is 283 g/mol. The first-order chi connectivity index (χ1) is 9.86. The van der Waals surface area contributed by atoms with Crippen molar-refractivity contribution in [1.29, 1.82) is 0 Å². The largest absolute Gasteiger partial charge is 0.316 e. The van der Waals surface area contributed by atoms with Gasteiger partial charge in [-0.05, 0) is 78.6 Å². The third kappa shape index (κ3) is 1.94. The third-order valence-electron chi connectivity index (χ3n) is 5.04. The second-order valence-electron chi connectivity index (χ2n) is 6.27. The highest BCUT2D eigenvalue weighted by Gasteiger charge is 2.35. The molecule has 0 amide bonds. The van der Waals surface area contributed by atoms with Crippen LogP contribution in [0.4, 0.5) is 0 Å². The van der Waals surface area contributed by atoms with Crippen LogP contribution in [-0.2, 0) is 0 Å². The lowest BCUT2D eigenvalue weighted by Crippen LogP contribution is -2.19. The van der Waals surface area contributed by atoms with Gasteiger partial charge in [-0.3, -0.25) is 0 Å². The van der Waals surface area contributed by atoms with E-state index >= 15 is 0 Å². The molecular weight excluding hydrogens is 262 g/mol. The van der Waals surface area contributed by atoms with Crippen LogP contribution in [0.3, 0.4) is 0 Å². The topological polar surface area (TPSA) is 12.0 Å². The quantitative estimate of drug-likeness (QED) is 0.861. The molecule has 2 aliphatic rings. The van der Waals surface area contributed by atoms with Gasteiger partial charge < -0.3 is 5.32 Å². The summed E-state index contributed by atoms with van der Waals surface area (Å²) < 4.78 is 1.43. The Morgan fingerprint density at radius 2 is 2.20 bits per heavy atom. The number of hydrogen-bond donors (Lipinski definition) is 1. The van der Waals surface area contributed by atoms with Gasteiger partial charge in [0.2, 0.25) is 0 Å². The van der Waals surface area contributed by atoms with Crippen LogP contribution < -0.4 is 5.32 Å². The van der Waals surface area contributed by atoms with E-state index in [0.717, 1.165) is 18.4 Å². The van der Waals surface area contributed by atoms with Crippen molar-refractivity contribution in [1.82, 2.24) is 5.32 Å². The Morgan fingerprint density at radius 3 is 3.10 bits per heavy atom. The molecule has 20 heavy (non-hydrogen) atoms. The van der Waals surface area contributed by atoms with Crippen molar-refractivity contribution < 1.29 is 0 Å². The molecule has 104 valence electrons. The van der Waals surface area contributed by atoms with Crippen molar-refractivity contribution in [2.75, 3.05) is 13.6 Å². The SMILES string of the molecule is CNCC1=C(c2cccc3sccc23)C2CCC(C1)C2. The number of benzene rings is 1. The van der Waals surface area contributed by atoms with Crippen molar-refractivity contribution in [3.8, 4) is 0 Å². The van der Waals surface area contributed by atoms with Crippen LogP contribution in [0.5, 0.6) is 0 Å². The number of allylic oxidation sites excluding steroid dienone is 1. The zero-order valence-electron chi connectivity index (χ0n) is 12.0. The van der Waals surface area contributed by atoms with Gasteiger partial charge in [0.1, 0.15) is 0 Å². The molecule has 1 N–H and O–H groups in total. The van der Waals surface area contributed by atoms with Gasteiger partial charge in [0.25, 0.3) is 0 Å². The lowest BCUT2D eigenvalue weighted by Gasteiger charge is -2.27. The Labute approximate surface area is 124 Å². The van der Waals surface area contributed by atoms with E-state index in [-0.39, 0.29) is 0 Å². The maximum atomic E-state index is 3.39. The van der Waals surface area contributed by atoms with Crippen molar-refractivity contribution in [3.63, 3.8) is 0 Å². The van der Waals surface area contributed by atoms with Crippen LogP contribution in [0.25, 0.3) is 15.7 Å². The first-order valence-electron chi connectivity index (χ1n) is 7.70. The fraction of sp³-hybridized carbons (Fsp3) is 0.444. The van der Waals surface area contributed by atoms with Gasteiger partial charge in [0.05, 0.1) is 0 Å². The molecule has 2 atom stereocenters. The number of thiophene rings is 1. The lowest BCUT2D eigenvalue weighted by molar-refractivity contribution is 0.502. The van der Waals surface area contributed by atoms with Crippen molar-refractivity contribution in [2.24, 2.45) is 11.8 Å². The van der Waals surface area contributed by atoms with E-state index in [4.69, 9.17) is 0 Å². The van der Waals surface area contributed by atoms with E-state index in [0.29, 0.717) is 0 Å². The molecule has 0 radical (unpaired) electrons. The summed E-state index contributed by atoms with van der Waals surface area (Å²) in [6.45, 7) is 1.06. The number of fused-ring (bicyclic) bond motifs is 3. The Balaban J connectivity index is 1.90. The Kier molecular flexibility index (Phi) is 3.16. The van der Waals surface area contributed by atoms with Gasteiger partial charge in [-0.1, -0.05) is 17.7 Å². The zero-order chi connectivity index (χ0) is 13.5. The van der Waals surface area contributed by atoms with Crippen molar-refractivity contribution >= 4 is 27.0 Å². The maximum Gasteiger partial charge on any atom is 0.0348 e. The molecule has 2 unspecified atom stereocenters. The van der Waals surface area contributed by atoms with Crippen LogP contribution in [0.15, 0.2) is 35.2 Å². The summed E-state index contributed by atoms with van der Waals surface area (Å²) in [6.07, 6.45) is 5.56. The predicted molar refractivity (Wildman–Crippen MR) is 88.1 cm³/mol. The van der Waals surface area contributed by atoms with Gasteiger partial charge in [0.15, 0.2) is 0 Å². The molecule has 1 nitrogen and oxygen atoms in total. The van der Waals surface area contributed by atoms with E-state index in [1.807, 2.05) is 11.3 Å². The third-order valence-corrected chi connectivity index (χ3v) is 5.92. The highest BCUT2D eigenvalue weighted by molar-refractivity contribution is 7.17. The predicted octanol–water partition coefficient (Wildman–Crippen LogP) is 4.69. The Morgan fingerprint density at radius 1 is 1.25 bits per heavy atom. The molecule has 0 saturated heterocycles. The van der Waals surface area contributed by atoms with Crippen LogP contribution in [-0.4, -0.2) is 13.6 Å². The van der Waals surface area contributed by atoms with Crippen LogP contribution in [0.1, 0.15) is 31.2 Å². The van der Waals surface area contributed by atoms with Gasteiger partial charge in [-0.25, -0.2) is 0 Å². The standard InChI is InChI=1S/C18H21NS/c1-19-11-14-10-12-5-6-13(9-12)18(14)16-3-2-4-17-15(16)7-8-20-17/h2-4,7-8,12-13,19H,5-6,9-11H2,1H3. The minimum Gasteiger partial charge on any atom is -0.316 e. The average Bonchev–Trinajstić information content (AvgIpc) is 3.07. The molecule has 2 aliphatic carbocycles. The Bertz CT molecular complexity index is 667. The van der Waals surface area contributed by atoms with Crippen molar-refractivity contribution in [3.05, 3.63) is 40.8 Å². The van der Waals surface area contributed by atoms with Crippen LogP contribution >= 0.6 is 11.3 Å². The summed E-state index contributed by atoms with van der Waals surface area (Å²) in [6, 6.07) is 9.14. The van der Waals surface area contributed by atoms with Gasteiger partial charge in [-0.2, -0.15) is 0 Å². The molecule has 0 aliphatic heterocycles.